The van der Waals surface area contributed by atoms with Crippen molar-refractivity contribution in [2.45, 2.75) is 50.7 Å². The lowest BCUT2D eigenvalue weighted by molar-refractivity contribution is -0.0363. The molecule has 3 N–H and O–H groups in total. The van der Waals surface area contributed by atoms with Gasteiger partial charge in [-0.25, -0.2) is 4.98 Å². The van der Waals surface area contributed by atoms with Gasteiger partial charge < -0.3 is 15.7 Å². The molecule has 1 saturated carbocycles. The van der Waals surface area contributed by atoms with E-state index in [1.807, 2.05) is 6.92 Å². The average molecular weight is 309 g/mol. The lowest BCUT2D eigenvalue weighted by Crippen LogP contribution is -2.38. The smallest absolute Gasteiger partial charge is 0.277 e. The molecule has 21 heavy (non-hydrogen) atoms. The zero-order chi connectivity index (χ0) is 15.2. The molecule has 1 atom stereocenters. The lowest BCUT2D eigenvalue weighted by Gasteiger charge is -2.36. The van der Waals surface area contributed by atoms with E-state index in [-0.39, 0.29) is 22.7 Å². The van der Waals surface area contributed by atoms with Gasteiger partial charge in [0.2, 0.25) is 0 Å². The first-order valence-corrected chi connectivity index (χ1v) is 8.08. The van der Waals surface area contributed by atoms with Gasteiger partial charge in [0, 0.05) is 12.6 Å². The number of amides is 2. The van der Waals surface area contributed by atoms with E-state index in [1.165, 1.54) is 0 Å². The van der Waals surface area contributed by atoms with Crippen LogP contribution in [-0.2, 0) is 5.60 Å². The Kier molecular flexibility index (Phi) is 3.49. The normalized spacial score (nSPS) is 23.9. The number of carbonyl (C=O) groups is 2. The van der Waals surface area contributed by atoms with Crippen molar-refractivity contribution in [3.63, 3.8) is 0 Å². The van der Waals surface area contributed by atoms with Crippen LogP contribution in [0.4, 0.5) is 0 Å². The number of aromatic nitrogens is 1. The summed E-state index contributed by atoms with van der Waals surface area (Å²) in [6.07, 6.45) is 4.05. The Hall–Kier alpha value is -1.47. The molecule has 0 spiro atoms. The van der Waals surface area contributed by atoms with Crippen LogP contribution in [0.2, 0.25) is 0 Å². The van der Waals surface area contributed by atoms with Crippen molar-refractivity contribution in [3.05, 3.63) is 15.6 Å². The highest BCUT2D eigenvalue weighted by Crippen LogP contribution is 2.45. The molecule has 7 heteroatoms. The van der Waals surface area contributed by atoms with E-state index < -0.39 is 11.5 Å². The molecule has 2 heterocycles. The number of carbonyl (C=O) groups excluding carboxylic acids is 2. The molecule has 6 nitrogen and oxygen atoms in total. The molecule has 1 saturated heterocycles. The lowest BCUT2D eigenvalue weighted by atomic mass is 9.78. The number of aliphatic hydroxyl groups is 1. The summed E-state index contributed by atoms with van der Waals surface area (Å²) in [6.45, 7) is 2.70. The standard InChI is InChI=1S/C14H19N3O3S/c1-8-4-2-7-17(8)13(19)9-10(14(20)5-3-6-14)21-12(16-9)11(15)18/h8,20H,2-7H2,1H3,(H2,15,18). The topological polar surface area (TPSA) is 96.5 Å². The van der Waals surface area contributed by atoms with Crippen LogP contribution in [0.15, 0.2) is 0 Å². The van der Waals surface area contributed by atoms with E-state index in [4.69, 9.17) is 5.73 Å². The van der Waals surface area contributed by atoms with E-state index in [1.54, 1.807) is 4.90 Å². The second-order valence-corrected chi connectivity index (χ2v) is 6.94. The van der Waals surface area contributed by atoms with Gasteiger partial charge in [0.15, 0.2) is 5.01 Å². The largest absolute Gasteiger partial charge is 0.384 e. The maximum absolute atomic E-state index is 12.7. The summed E-state index contributed by atoms with van der Waals surface area (Å²) in [7, 11) is 0. The zero-order valence-corrected chi connectivity index (χ0v) is 12.8. The van der Waals surface area contributed by atoms with Gasteiger partial charge >= 0.3 is 0 Å². The average Bonchev–Trinajstić information content (AvgIpc) is 3.01. The molecular formula is C14H19N3O3S. The third kappa shape index (κ3) is 2.34. The molecule has 1 unspecified atom stereocenters. The second-order valence-electron chi connectivity index (χ2n) is 5.94. The summed E-state index contributed by atoms with van der Waals surface area (Å²) in [5.74, 6) is -0.850. The number of hydrogen-bond acceptors (Lipinski definition) is 5. The maximum atomic E-state index is 12.7. The Morgan fingerprint density at radius 3 is 2.62 bits per heavy atom. The van der Waals surface area contributed by atoms with Gasteiger partial charge in [0.05, 0.1) is 4.88 Å². The highest BCUT2D eigenvalue weighted by molar-refractivity contribution is 7.14. The first kappa shape index (κ1) is 14.5. The van der Waals surface area contributed by atoms with Crippen molar-refractivity contribution in [3.8, 4) is 0 Å². The minimum atomic E-state index is -1.01. The summed E-state index contributed by atoms with van der Waals surface area (Å²) in [4.78, 5) is 30.5. The van der Waals surface area contributed by atoms with Gasteiger partial charge in [0.1, 0.15) is 11.3 Å². The highest BCUT2D eigenvalue weighted by atomic mass is 32.1. The fraction of sp³-hybridized carbons (Fsp3) is 0.643. The van der Waals surface area contributed by atoms with Crippen LogP contribution in [-0.4, -0.2) is 39.4 Å². The Bertz CT molecular complexity index is 594. The summed E-state index contributed by atoms with van der Waals surface area (Å²) in [5, 5.41) is 10.7. The molecule has 2 amide bonds. The second kappa shape index (κ2) is 5.06. The Morgan fingerprint density at radius 2 is 2.14 bits per heavy atom. The summed E-state index contributed by atoms with van der Waals surface area (Å²) in [5.41, 5.74) is 4.48. The van der Waals surface area contributed by atoms with Gasteiger partial charge in [-0.1, -0.05) is 0 Å². The molecule has 1 aromatic rings. The van der Waals surface area contributed by atoms with Crippen LogP contribution in [0.1, 0.15) is 64.2 Å². The van der Waals surface area contributed by atoms with Crippen molar-refractivity contribution in [1.82, 2.24) is 9.88 Å². The maximum Gasteiger partial charge on any atom is 0.277 e. The first-order valence-electron chi connectivity index (χ1n) is 7.27. The molecule has 0 aromatic carbocycles. The summed E-state index contributed by atoms with van der Waals surface area (Å²) >= 11 is 1.06. The monoisotopic (exact) mass is 309 g/mol. The quantitative estimate of drug-likeness (QED) is 0.878. The molecule has 2 fully saturated rings. The molecule has 1 aromatic heterocycles. The SMILES string of the molecule is CC1CCCN1C(=O)c1nc(C(N)=O)sc1C1(O)CCC1. The molecule has 0 radical (unpaired) electrons. The van der Waals surface area contributed by atoms with E-state index >= 15 is 0 Å². The van der Waals surface area contributed by atoms with Gasteiger partial charge in [0.25, 0.3) is 11.8 Å². The minimum absolute atomic E-state index is 0.0977. The van der Waals surface area contributed by atoms with Gasteiger partial charge in [-0.2, -0.15) is 0 Å². The van der Waals surface area contributed by atoms with Crippen molar-refractivity contribution in [1.29, 1.82) is 0 Å². The molecule has 1 aliphatic carbocycles. The van der Waals surface area contributed by atoms with E-state index in [0.29, 0.717) is 24.3 Å². The number of hydrogen-bond donors (Lipinski definition) is 2. The molecule has 2 aliphatic rings. The van der Waals surface area contributed by atoms with Crippen molar-refractivity contribution in [2.24, 2.45) is 5.73 Å². The first-order chi connectivity index (χ1) is 9.92. The van der Waals surface area contributed by atoms with Crippen LogP contribution in [0.25, 0.3) is 0 Å². The third-order valence-electron chi connectivity index (χ3n) is 4.46. The molecule has 3 rings (SSSR count). The number of nitrogens with two attached hydrogens (primary N) is 1. The number of likely N-dealkylation sites (tertiary alicyclic amines) is 1. The molecule has 1 aliphatic heterocycles. The molecule has 0 bridgehead atoms. The number of primary amides is 1. The van der Waals surface area contributed by atoms with Gasteiger partial charge in [-0.05, 0) is 39.0 Å². The van der Waals surface area contributed by atoms with Gasteiger partial charge in [-0.15, -0.1) is 11.3 Å². The zero-order valence-electron chi connectivity index (χ0n) is 12.0. The van der Waals surface area contributed by atoms with Crippen molar-refractivity contribution in [2.75, 3.05) is 6.54 Å². The van der Waals surface area contributed by atoms with Crippen molar-refractivity contribution >= 4 is 23.2 Å². The van der Waals surface area contributed by atoms with Crippen LogP contribution < -0.4 is 5.73 Å². The fourth-order valence-corrected chi connectivity index (χ4v) is 4.05. The summed E-state index contributed by atoms with van der Waals surface area (Å²) < 4.78 is 0. The number of rotatable bonds is 3. The van der Waals surface area contributed by atoms with Gasteiger partial charge in [-0.3, -0.25) is 9.59 Å². The Labute approximate surface area is 127 Å². The van der Waals surface area contributed by atoms with E-state index in [2.05, 4.69) is 4.98 Å². The Morgan fingerprint density at radius 1 is 1.43 bits per heavy atom. The van der Waals surface area contributed by atoms with E-state index in [9.17, 15) is 14.7 Å². The predicted molar refractivity (Wildman–Crippen MR) is 78.1 cm³/mol. The highest BCUT2D eigenvalue weighted by Gasteiger charge is 2.43. The predicted octanol–water partition coefficient (Wildman–Crippen LogP) is 1.24. The Balaban J connectivity index is 2.00. The van der Waals surface area contributed by atoms with E-state index in [0.717, 1.165) is 30.6 Å². The third-order valence-corrected chi connectivity index (χ3v) is 5.72. The van der Waals surface area contributed by atoms with Crippen LogP contribution in [0.5, 0.6) is 0 Å². The van der Waals surface area contributed by atoms with Crippen molar-refractivity contribution < 1.29 is 14.7 Å². The summed E-state index contributed by atoms with van der Waals surface area (Å²) in [6, 6.07) is 0.167. The molecular weight excluding hydrogens is 290 g/mol. The van der Waals surface area contributed by atoms with Crippen LogP contribution >= 0.6 is 11.3 Å². The number of nitrogens with zero attached hydrogens (tertiary/aromatic N) is 2. The van der Waals surface area contributed by atoms with Crippen LogP contribution in [0.3, 0.4) is 0 Å². The van der Waals surface area contributed by atoms with Crippen LogP contribution in [0, 0.1) is 0 Å². The number of thiazole rings is 1. The molecule has 114 valence electrons. The fourth-order valence-electron chi connectivity index (χ4n) is 3.00. The minimum Gasteiger partial charge on any atom is -0.384 e.